The first-order valence-electron chi connectivity index (χ1n) is 6.75. The number of hydrogen-bond donors (Lipinski definition) is 1. The van der Waals surface area contributed by atoms with Crippen LogP contribution >= 0.6 is 0 Å². The summed E-state index contributed by atoms with van der Waals surface area (Å²) in [5, 5.41) is 7.91. The zero-order chi connectivity index (χ0) is 12.5. The maximum atomic E-state index is 4.55. The second-order valence-electron chi connectivity index (χ2n) is 5.74. The molecule has 17 heavy (non-hydrogen) atoms. The van der Waals surface area contributed by atoms with Gasteiger partial charge in [0.15, 0.2) is 0 Å². The van der Waals surface area contributed by atoms with Gasteiger partial charge >= 0.3 is 0 Å². The predicted molar refractivity (Wildman–Crippen MR) is 71.0 cm³/mol. The van der Waals surface area contributed by atoms with Crippen LogP contribution in [0.25, 0.3) is 0 Å². The Hall–Kier alpha value is -0.830. The fraction of sp³-hybridized carbons (Fsp3) is 0.786. The summed E-state index contributed by atoms with van der Waals surface area (Å²) in [6.07, 6.45) is 4.97. The summed E-state index contributed by atoms with van der Waals surface area (Å²) >= 11 is 0. The molecule has 0 saturated heterocycles. The molecular weight excluding hydrogens is 210 g/mol. The summed E-state index contributed by atoms with van der Waals surface area (Å²) < 4.78 is 2.06. The van der Waals surface area contributed by atoms with Crippen molar-refractivity contribution in [3.63, 3.8) is 0 Å². The maximum absolute atomic E-state index is 4.55. The van der Waals surface area contributed by atoms with Gasteiger partial charge in [-0.2, -0.15) is 5.10 Å². The number of nitrogens with zero attached hydrogens (tertiary/aromatic N) is 2. The van der Waals surface area contributed by atoms with Gasteiger partial charge in [-0.05, 0) is 50.1 Å². The van der Waals surface area contributed by atoms with Gasteiger partial charge in [-0.1, -0.05) is 13.8 Å². The van der Waals surface area contributed by atoms with E-state index in [0.717, 1.165) is 25.3 Å². The molecule has 1 aromatic rings. The van der Waals surface area contributed by atoms with E-state index in [2.05, 4.69) is 49.1 Å². The molecule has 0 radical (unpaired) electrons. The van der Waals surface area contributed by atoms with Crippen molar-refractivity contribution < 1.29 is 0 Å². The van der Waals surface area contributed by atoms with Crippen molar-refractivity contribution in [1.82, 2.24) is 15.1 Å². The van der Waals surface area contributed by atoms with Crippen LogP contribution in [0, 0.1) is 11.3 Å². The molecule has 0 aliphatic heterocycles. The maximum Gasteiger partial charge on any atom is 0.0624 e. The van der Waals surface area contributed by atoms with Crippen LogP contribution in [0.4, 0.5) is 0 Å². The van der Waals surface area contributed by atoms with Gasteiger partial charge in [-0.25, -0.2) is 0 Å². The molecule has 1 aliphatic carbocycles. The number of rotatable bonds is 6. The van der Waals surface area contributed by atoms with Gasteiger partial charge in [-0.15, -0.1) is 0 Å². The normalized spacial score (nSPS) is 19.3. The molecule has 0 spiro atoms. The van der Waals surface area contributed by atoms with Crippen molar-refractivity contribution in [2.45, 2.75) is 39.5 Å². The first kappa shape index (κ1) is 12.6. The van der Waals surface area contributed by atoms with Crippen LogP contribution in [0.1, 0.15) is 38.1 Å². The predicted octanol–water partition coefficient (Wildman–Crippen LogP) is 2.16. The van der Waals surface area contributed by atoms with Gasteiger partial charge in [0.2, 0.25) is 0 Å². The van der Waals surface area contributed by atoms with E-state index in [0.29, 0.717) is 5.41 Å². The topological polar surface area (TPSA) is 29.9 Å². The molecule has 0 aromatic carbocycles. The monoisotopic (exact) mass is 235 g/mol. The Labute approximate surface area is 105 Å². The van der Waals surface area contributed by atoms with Gasteiger partial charge in [-0.3, -0.25) is 4.68 Å². The minimum atomic E-state index is 0.396. The van der Waals surface area contributed by atoms with Crippen molar-refractivity contribution in [1.29, 1.82) is 0 Å². The summed E-state index contributed by atoms with van der Waals surface area (Å²) in [7, 11) is 4.13. The molecule has 0 amide bonds. The minimum Gasteiger partial charge on any atom is -0.319 e. The highest BCUT2D eigenvalue weighted by atomic mass is 15.3. The minimum absolute atomic E-state index is 0.396. The molecular formula is C14H25N3. The standard InChI is InChI=1S/C14H25N3/c1-5-12-8-13(17(4)16-12)9-14(2,10-15-3)11-6-7-11/h8,11,15H,5-7,9-10H2,1-4H3. The summed E-state index contributed by atoms with van der Waals surface area (Å²) in [5.74, 6) is 0.898. The van der Waals surface area contributed by atoms with Gasteiger partial charge in [0.25, 0.3) is 0 Å². The van der Waals surface area contributed by atoms with E-state index in [1.807, 2.05) is 0 Å². The number of aromatic nitrogens is 2. The molecule has 1 unspecified atom stereocenters. The zero-order valence-electron chi connectivity index (χ0n) is 11.6. The molecule has 3 heteroatoms. The largest absolute Gasteiger partial charge is 0.319 e. The third-order valence-electron chi connectivity index (χ3n) is 4.12. The molecule has 1 saturated carbocycles. The highest BCUT2D eigenvalue weighted by molar-refractivity contribution is 5.13. The average molecular weight is 235 g/mol. The third-order valence-corrected chi connectivity index (χ3v) is 4.12. The van der Waals surface area contributed by atoms with E-state index in [1.165, 1.54) is 24.2 Å². The van der Waals surface area contributed by atoms with E-state index in [1.54, 1.807) is 0 Å². The lowest BCUT2D eigenvalue weighted by Crippen LogP contribution is -2.34. The van der Waals surface area contributed by atoms with Gasteiger partial charge < -0.3 is 5.32 Å². The lowest BCUT2D eigenvalue weighted by molar-refractivity contribution is 0.257. The average Bonchev–Trinajstić information content (AvgIpc) is 3.07. The molecule has 0 bridgehead atoms. The van der Waals surface area contributed by atoms with E-state index in [4.69, 9.17) is 0 Å². The molecule has 2 rings (SSSR count). The van der Waals surface area contributed by atoms with Crippen LogP contribution in [0.2, 0.25) is 0 Å². The summed E-state index contributed by atoms with van der Waals surface area (Å²) in [6, 6.07) is 2.27. The van der Waals surface area contributed by atoms with Crippen LogP contribution < -0.4 is 5.32 Å². The van der Waals surface area contributed by atoms with Crippen LogP contribution in [-0.4, -0.2) is 23.4 Å². The summed E-state index contributed by atoms with van der Waals surface area (Å²) in [5.41, 5.74) is 2.99. The molecule has 3 nitrogen and oxygen atoms in total. The number of nitrogens with one attached hydrogen (secondary N) is 1. The smallest absolute Gasteiger partial charge is 0.0624 e. The summed E-state index contributed by atoms with van der Waals surface area (Å²) in [4.78, 5) is 0. The Morgan fingerprint density at radius 2 is 2.24 bits per heavy atom. The van der Waals surface area contributed by atoms with Crippen molar-refractivity contribution in [2.75, 3.05) is 13.6 Å². The molecule has 1 aromatic heterocycles. The van der Waals surface area contributed by atoms with E-state index in [9.17, 15) is 0 Å². The first-order chi connectivity index (χ1) is 8.09. The molecule has 1 N–H and O–H groups in total. The molecule has 1 atom stereocenters. The van der Waals surface area contributed by atoms with Crippen LogP contribution in [0.5, 0.6) is 0 Å². The van der Waals surface area contributed by atoms with Gasteiger partial charge in [0.1, 0.15) is 0 Å². The fourth-order valence-corrected chi connectivity index (χ4v) is 2.86. The SMILES string of the molecule is CCc1cc(CC(C)(CNC)C2CC2)n(C)n1. The Morgan fingerprint density at radius 3 is 2.71 bits per heavy atom. The molecule has 1 heterocycles. The second kappa shape index (κ2) is 4.81. The first-order valence-corrected chi connectivity index (χ1v) is 6.75. The van der Waals surface area contributed by atoms with Crippen LogP contribution in [0.3, 0.4) is 0 Å². The Kier molecular flexibility index (Phi) is 3.57. The Morgan fingerprint density at radius 1 is 1.53 bits per heavy atom. The van der Waals surface area contributed by atoms with Gasteiger partial charge in [0.05, 0.1) is 5.69 Å². The van der Waals surface area contributed by atoms with Crippen molar-refractivity contribution >= 4 is 0 Å². The number of aryl methyl sites for hydroxylation is 2. The summed E-state index contributed by atoms with van der Waals surface area (Å²) in [6.45, 7) is 5.68. The van der Waals surface area contributed by atoms with Crippen LogP contribution in [0.15, 0.2) is 6.07 Å². The lowest BCUT2D eigenvalue weighted by Gasteiger charge is -2.29. The Bertz CT molecular complexity index is 379. The highest BCUT2D eigenvalue weighted by Gasteiger charge is 2.41. The van der Waals surface area contributed by atoms with E-state index in [-0.39, 0.29) is 0 Å². The number of hydrogen-bond acceptors (Lipinski definition) is 2. The molecule has 96 valence electrons. The Balaban J connectivity index is 2.13. The second-order valence-corrected chi connectivity index (χ2v) is 5.74. The van der Waals surface area contributed by atoms with Crippen LogP contribution in [-0.2, 0) is 19.9 Å². The lowest BCUT2D eigenvalue weighted by atomic mass is 9.80. The van der Waals surface area contributed by atoms with Crippen molar-refractivity contribution in [3.05, 3.63) is 17.5 Å². The van der Waals surface area contributed by atoms with E-state index < -0.39 is 0 Å². The fourth-order valence-electron chi connectivity index (χ4n) is 2.86. The van der Waals surface area contributed by atoms with Crippen molar-refractivity contribution in [3.8, 4) is 0 Å². The molecule has 1 aliphatic rings. The zero-order valence-corrected chi connectivity index (χ0v) is 11.6. The van der Waals surface area contributed by atoms with Crippen molar-refractivity contribution in [2.24, 2.45) is 18.4 Å². The highest BCUT2D eigenvalue weighted by Crippen LogP contribution is 2.47. The quantitative estimate of drug-likeness (QED) is 0.819. The van der Waals surface area contributed by atoms with E-state index >= 15 is 0 Å². The molecule has 1 fully saturated rings. The third kappa shape index (κ3) is 2.71. The van der Waals surface area contributed by atoms with Gasteiger partial charge in [0, 0.05) is 19.3 Å².